The van der Waals surface area contributed by atoms with Crippen molar-refractivity contribution < 1.29 is 4.79 Å². The highest BCUT2D eigenvalue weighted by Gasteiger charge is 2.21. The summed E-state index contributed by atoms with van der Waals surface area (Å²) in [6.07, 6.45) is 5.05. The smallest absolute Gasteiger partial charge is 0.291 e. The molecule has 2 rings (SSSR count). The number of aromatic nitrogens is 2. The van der Waals surface area contributed by atoms with Gasteiger partial charge in [0.2, 0.25) is 5.82 Å². The van der Waals surface area contributed by atoms with Crippen LogP contribution in [-0.2, 0) is 0 Å². The van der Waals surface area contributed by atoms with Crippen LogP contribution >= 0.6 is 0 Å². The van der Waals surface area contributed by atoms with Crippen molar-refractivity contribution in [2.45, 2.75) is 12.8 Å². The zero-order valence-corrected chi connectivity index (χ0v) is 7.81. The molecule has 1 aromatic rings. The lowest BCUT2D eigenvalue weighted by Crippen LogP contribution is -2.29. The van der Waals surface area contributed by atoms with E-state index in [1.807, 2.05) is 0 Å². The van der Waals surface area contributed by atoms with E-state index in [0.717, 1.165) is 25.9 Å². The molecule has 1 aromatic heterocycles. The standard InChI is InChI=1S/C9H10BN3O/c10-7-5-11-8(12-6-7)9(14)13-3-1-2-4-13/h5-6H,1-4H2. The first-order valence-corrected chi connectivity index (χ1v) is 4.64. The van der Waals surface area contributed by atoms with Gasteiger partial charge in [0, 0.05) is 25.5 Å². The predicted octanol–water partition coefficient (Wildman–Crippen LogP) is -0.494. The maximum atomic E-state index is 11.7. The highest BCUT2D eigenvalue weighted by Crippen LogP contribution is 2.09. The second-order valence-electron chi connectivity index (χ2n) is 3.34. The highest BCUT2D eigenvalue weighted by molar-refractivity contribution is 6.31. The molecule has 4 nitrogen and oxygen atoms in total. The molecule has 2 heterocycles. The fraction of sp³-hybridized carbons (Fsp3) is 0.444. The molecule has 5 heteroatoms. The summed E-state index contributed by atoms with van der Waals surface area (Å²) >= 11 is 0. The second-order valence-corrected chi connectivity index (χ2v) is 3.34. The first kappa shape index (κ1) is 9.18. The monoisotopic (exact) mass is 187 g/mol. The Morgan fingerprint density at radius 2 is 1.86 bits per heavy atom. The van der Waals surface area contributed by atoms with Crippen LogP contribution < -0.4 is 5.46 Å². The third-order valence-corrected chi connectivity index (χ3v) is 2.26. The number of carbonyl (C=O) groups is 1. The first-order valence-electron chi connectivity index (χ1n) is 4.64. The summed E-state index contributed by atoms with van der Waals surface area (Å²) in [4.78, 5) is 21.3. The molecule has 1 fully saturated rings. The maximum absolute atomic E-state index is 11.7. The molecule has 0 aromatic carbocycles. The van der Waals surface area contributed by atoms with E-state index in [2.05, 4.69) is 9.97 Å². The third kappa shape index (κ3) is 1.76. The van der Waals surface area contributed by atoms with Crippen molar-refractivity contribution in [3.05, 3.63) is 18.2 Å². The number of amides is 1. The summed E-state index contributed by atoms with van der Waals surface area (Å²) in [5.41, 5.74) is 0.475. The predicted molar refractivity (Wildman–Crippen MR) is 52.6 cm³/mol. The first-order chi connectivity index (χ1) is 6.77. The van der Waals surface area contributed by atoms with Gasteiger partial charge in [-0.1, -0.05) is 5.46 Å². The van der Waals surface area contributed by atoms with Crippen LogP contribution in [0.4, 0.5) is 0 Å². The topological polar surface area (TPSA) is 46.1 Å². The molecule has 0 atom stereocenters. The number of nitrogens with zero attached hydrogens (tertiary/aromatic N) is 3. The Morgan fingerprint density at radius 3 is 2.43 bits per heavy atom. The summed E-state index contributed by atoms with van der Waals surface area (Å²) < 4.78 is 0. The van der Waals surface area contributed by atoms with E-state index in [0.29, 0.717) is 5.46 Å². The van der Waals surface area contributed by atoms with Crippen LogP contribution in [0.15, 0.2) is 12.4 Å². The number of hydrogen-bond acceptors (Lipinski definition) is 3. The van der Waals surface area contributed by atoms with E-state index in [1.165, 1.54) is 12.4 Å². The molecule has 0 bridgehead atoms. The van der Waals surface area contributed by atoms with Crippen LogP contribution in [0.1, 0.15) is 23.5 Å². The van der Waals surface area contributed by atoms with Gasteiger partial charge in [-0.05, 0) is 12.8 Å². The second kappa shape index (κ2) is 3.78. The van der Waals surface area contributed by atoms with Crippen molar-refractivity contribution in [3.63, 3.8) is 0 Å². The lowest BCUT2D eigenvalue weighted by Gasteiger charge is -2.13. The van der Waals surface area contributed by atoms with Crippen LogP contribution in [-0.4, -0.2) is 41.7 Å². The third-order valence-electron chi connectivity index (χ3n) is 2.26. The molecule has 1 amide bonds. The largest absolute Gasteiger partial charge is 0.336 e. The van der Waals surface area contributed by atoms with Crippen molar-refractivity contribution in [1.29, 1.82) is 0 Å². The van der Waals surface area contributed by atoms with Crippen LogP contribution in [0.2, 0.25) is 0 Å². The molecular weight excluding hydrogens is 177 g/mol. The maximum Gasteiger partial charge on any atom is 0.291 e. The highest BCUT2D eigenvalue weighted by atomic mass is 16.2. The fourth-order valence-corrected chi connectivity index (χ4v) is 1.51. The summed E-state index contributed by atoms with van der Waals surface area (Å²) in [5, 5.41) is 0. The molecule has 1 aliphatic heterocycles. The average molecular weight is 187 g/mol. The fourth-order valence-electron chi connectivity index (χ4n) is 1.51. The normalized spacial score (nSPS) is 15.9. The molecule has 0 N–H and O–H groups in total. The SMILES string of the molecule is [B]c1cnc(C(=O)N2CCCC2)nc1. The Morgan fingerprint density at radius 1 is 1.29 bits per heavy atom. The Kier molecular flexibility index (Phi) is 2.48. The quantitative estimate of drug-likeness (QED) is 0.557. The van der Waals surface area contributed by atoms with Crippen molar-refractivity contribution in [2.24, 2.45) is 0 Å². The van der Waals surface area contributed by atoms with E-state index in [-0.39, 0.29) is 11.7 Å². The van der Waals surface area contributed by atoms with Gasteiger partial charge < -0.3 is 4.90 Å². The molecule has 0 saturated carbocycles. The minimum absolute atomic E-state index is 0.0949. The minimum Gasteiger partial charge on any atom is -0.336 e. The zero-order chi connectivity index (χ0) is 9.97. The summed E-state index contributed by atoms with van der Waals surface area (Å²) in [5.74, 6) is 0.142. The van der Waals surface area contributed by atoms with Crippen molar-refractivity contribution >= 4 is 19.2 Å². The number of rotatable bonds is 1. The Labute approximate surface area is 83.8 Å². The lowest BCUT2D eigenvalue weighted by molar-refractivity contribution is 0.0781. The number of likely N-dealkylation sites (tertiary alicyclic amines) is 1. The van der Waals surface area contributed by atoms with Gasteiger partial charge in [-0.25, -0.2) is 9.97 Å². The van der Waals surface area contributed by atoms with Crippen LogP contribution in [0.5, 0.6) is 0 Å². The van der Waals surface area contributed by atoms with Crippen LogP contribution in [0, 0.1) is 0 Å². The lowest BCUT2D eigenvalue weighted by atomic mass is 10.0. The van der Waals surface area contributed by atoms with E-state index in [4.69, 9.17) is 7.85 Å². The molecular formula is C9H10BN3O. The Bertz CT molecular complexity index is 332. The van der Waals surface area contributed by atoms with Crippen molar-refractivity contribution in [3.8, 4) is 0 Å². The molecule has 2 radical (unpaired) electrons. The van der Waals surface area contributed by atoms with E-state index >= 15 is 0 Å². The molecule has 0 unspecified atom stereocenters. The van der Waals surface area contributed by atoms with E-state index < -0.39 is 0 Å². The van der Waals surface area contributed by atoms with Gasteiger partial charge in [-0.15, -0.1) is 0 Å². The molecule has 14 heavy (non-hydrogen) atoms. The van der Waals surface area contributed by atoms with Gasteiger partial charge >= 0.3 is 0 Å². The average Bonchev–Trinajstić information content (AvgIpc) is 2.71. The Hall–Kier alpha value is -1.39. The van der Waals surface area contributed by atoms with Gasteiger partial charge in [0.1, 0.15) is 7.85 Å². The summed E-state index contributed by atoms with van der Waals surface area (Å²) in [7, 11) is 5.43. The van der Waals surface area contributed by atoms with Crippen LogP contribution in [0.3, 0.4) is 0 Å². The zero-order valence-electron chi connectivity index (χ0n) is 7.81. The van der Waals surface area contributed by atoms with Gasteiger partial charge in [0.05, 0.1) is 0 Å². The van der Waals surface area contributed by atoms with Crippen LogP contribution in [0.25, 0.3) is 0 Å². The van der Waals surface area contributed by atoms with Gasteiger partial charge in [0.25, 0.3) is 5.91 Å². The van der Waals surface area contributed by atoms with Gasteiger partial charge in [-0.2, -0.15) is 0 Å². The summed E-state index contributed by atoms with van der Waals surface area (Å²) in [6.45, 7) is 1.62. The molecule has 0 spiro atoms. The molecule has 0 aliphatic carbocycles. The van der Waals surface area contributed by atoms with Gasteiger partial charge in [-0.3, -0.25) is 4.79 Å². The molecule has 70 valence electrons. The minimum atomic E-state index is -0.0949. The van der Waals surface area contributed by atoms with E-state index in [1.54, 1.807) is 4.90 Å². The van der Waals surface area contributed by atoms with Crippen molar-refractivity contribution in [1.82, 2.24) is 14.9 Å². The molecule has 1 saturated heterocycles. The summed E-state index contributed by atoms with van der Waals surface area (Å²) in [6, 6.07) is 0. The van der Waals surface area contributed by atoms with Crippen molar-refractivity contribution in [2.75, 3.05) is 13.1 Å². The van der Waals surface area contributed by atoms with E-state index in [9.17, 15) is 4.79 Å². The molecule has 1 aliphatic rings. The van der Waals surface area contributed by atoms with Gasteiger partial charge in [0.15, 0.2) is 0 Å². The Balaban J connectivity index is 2.14. The number of hydrogen-bond donors (Lipinski definition) is 0. The number of carbonyl (C=O) groups excluding carboxylic acids is 1.